The molecule has 0 spiro atoms. The van der Waals surface area contributed by atoms with Gasteiger partial charge in [0.2, 0.25) is 5.16 Å². The first-order valence-electron chi connectivity index (χ1n) is 3.66. The molecular weight excluding hydrogens is 190 g/mol. The van der Waals surface area contributed by atoms with Crippen LogP contribution in [-0.4, -0.2) is 31.5 Å². The Labute approximate surface area is 79.6 Å². The van der Waals surface area contributed by atoms with E-state index in [4.69, 9.17) is 10.9 Å². The van der Waals surface area contributed by atoms with Crippen LogP contribution < -0.4 is 5.73 Å². The molecule has 0 saturated heterocycles. The van der Waals surface area contributed by atoms with Crippen LogP contribution in [0.25, 0.3) is 0 Å². The van der Waals surface area contributed by atoms with Gasteiger partial charge in [0.1, 0.15) is 5.82 Å². The molecule has 0 aliphatic carbocycles. The number of aromatic nitrogens is 3. The van der Waals surface area contributed by atoms with Crippen molar-refractivity contribution in [2.45, 2.75) is 24.3 Å². The number of thioether (sulfide) groups is 1. The van der Waals surface area contributed by atoms with Gasteiger partial charge in [0.05, 0.1) is 5.25 Å². The molecule has 0 saturated carbocycles. The standard InChI is InChI=1S/C6H11N5OS/c1-3(5(7)11-12)13-6-8-4(2)9-10-6/h3,12H,1-2H3,(H2,7,11)(H,8,9,10). The largest absolute Gasteiger partial charge is 0.409 e. The molecule has 7 heteroatoms. The van der Waals surface area contributed by atoms with Crippen molar-refractivity contribution in [1.29, 1.82) is 0 Å². The number of rotatable bonds is 3. The van der Waals surface area contributed by atoms with E-state index in [0.29, 0.717) is 5.16 Å². The Kier molecular flexibility index (Phi) is 3.13. The first-order chi connectivity index (χ1) is 6.13. The monoisotopic (exact) mass is 201 g/mol. The summed E-state index contributed by atoms with van der Waals surface area (Å²) < 4.78 is 0. The van der Waals surface area contributed by atoms with Crippen LogP contribution in [0.1, 0.15) is 12.7 Å². The molecular formula is C6H11N5OS. The minimum Gasteiger partial charge on any atom is -0.409 e. The Hall–Kier alpha value is -1.24. The molecule has 13 heavy (non-hydrogen) atoms. The lowest BCUT2D eigenvalue weighted by Crippen LogP contribution is -2.23. The lowest BCUT2D eigenvalue weighted by molar-refractivity contribution is 0.317. The molecule has 0 bridgehead atoms. The normalized spacial score (nSPS) is 14.5. The number of nitrogens with two attached hydrogens (primary N) is 1. The highest BCUT2D eigenvalue weighted by molar-refractivity contribution is 8.00. The maximum Gasteiger partial charge on any atom is 0.209 e. The van der Waals surface area contributed by atoms with E-state index >= 15 is 0 Å². The second-order valence-electron chi connectivity index (χ2n) is 2.49. The minimum atomic E-state index is -0.139. The third-order valence-corrected chi connectivity index (χ3v) is 2.38. The van der Waals surface area contributed by atoms with E-state index < -0.39 is 0 Å². The summed E-state index contributed by atoms with van der Waals surface area (Å²) in [5, 5.41) is 18.4. The number of aryl methyl sites for hydroxylation is 1. The van der Waals surface area contributed by atoms with E-state index in [1.165, 1.54) is 11.8 Å². The number of aromatic amines is 1. The average molecular weight is 201 g/mol. The number of oxime groups is 1. The van der Waals surface area contributed by atoms with Gasteiger partial charge >= 0.3 is 0 Å². The van der Waals surface area contributed by atoms with Gasteiger partial charge in [-0.2, -0.15) is 0 Å². The van der Waals surface area contributed by atoms with Crippen LogP contribution >= 0.6 is 11.8 Å². The molecule has 0 amide bonds. The Balaban J connectivity index is 2.59. The average Bonchev–Trinajstić information content (AvgIpc) is 2.49. The number of nitrogens with zero attached hydrogens (tertiary/aromatic N) is 3. The van der Waals surface area contributed by atoms with Crippen molar-refractivity contribution in [3.8, 4) is 0 Å². The number of nitrogens with one attached hydrogen (secondary N) is 1. The van der Waals surface area contributed by atoms with E-state index in [9.17, 15) is 0 Å². The number of hydrogen-bond donors (Lipinski definition) is 3. The molecule has 0 aromatic carbocycles. The summed E-state index contributed by atoms with van der Waals surface area (Å²) in [6.45, 7) is 3.62. The summed E-state index contributed by atoms with van der Waals surface area (Å²) in [6, 6.07) is 0. The lowest BCUT2D eigenvalue weighted by Gasteiger charge is -2.04. The molecule has 72 valence electrons. The topological polar surface area (TPSA) is 100 Å². The van der Waals surface area contributed by atoms with Gasteiger partial charge < -0.3 is 10.9 Å². The highest BCUT2D eigenvalue weighted by Crippen LogP contribution is 2.18. The molecule has 1 rings (SSSR count). The number of hydrogen-bond acceptors (Lipinski definition) is 5. The zero-order chi connectivity index (χ0) is 9.84. The van der Waals surface area contributed by atoms with Crippen molar-refractivity contribution < 1.29 is 5.21 Å². The number of amidine groups is 1. The summed E-state index contributed by atoms with van der Waals surface area (Å²) in [5.41, 5.74) is 5.38. The summed E-state index contributed by atoms with van der Waals surface area (Å²) in [5.74, 6) is 0.904. The van der Waals surface area contributed by atoms with Crippen LogP contribution in [0.2, 0.25) is 0 Å². The zero-order valence-corrected chi connectivity index (χ0v) is 8.17. The molecule has 1 atom stereocenters. The van der Waals surface area contributed by atoms with Gasteiger partial charge in [-0.1, -0.05) is 16.9 Å². The Bertz CT molecular complexity index is 310. The Morgan fingerprint density at radius 1 is 1.77 bits per heavy atom. The van der Waals surface area contributed by atoms with E-state index in [1.807, 2.05) is 13.8 Å². The van der Waals surface area contributed by atoms with Gasteiger partial charge in [-0.15, -0.1) is 5.10 Å². The second kappa shape index (κ2) is 4.13. The van der Waals surface area contributed by atoms with Crippen molar-refractivity contribution in [2.24, 2.45) is 10.9 Å². The van der Waals surface area contributed by atoms with Gasteiger partial charge in [0, 0.05) is 0 Å². The van der Waals surface area contributed by atoms with Crippen molar-refractivity contribution in [2.75, 3.05) is 0 Å². The highest BCUT2D eigenvalue weighted by atomic mass is 32.2. The second-order valence-corrected chi connectivity index (χ2v) is 3.80. The zero-order valence-electron chi connectivity index (χ0n) is 7.35. The van der Waals surface area contributed by atoms with Crippen molar-refractivity contribution in [1.82, 2.24) is 15.2 Å². The van der Waals surface area contributed by atoms with Gasteiger partial charge in [0.15, 0.2) is 5.84 Å². The maximum absolute atomic E-state index is 8.39. The molecule has 1 aromatic rings. The van der Waals surface area contributed by atoms with Crippen molar-refractivity contribution in [3.63, 3.8) is 0 Å². The predicted molar refractivity (Wildman–Crippen MR) is 49.8 cm³/mol. The number of H-pyrrole nitrogens is 1. The first-order valence-corrected chi connectivity index (χ1v) is 4.54. The molecule has 1 heterocycles. The maximum atomic E-state index is 8.39. The Morgan fingerprint density at radius 2 is 2.46 bits per heavy atom. The van der Waals surface area contributed by atoms with E-state index in [1.54, 1.807) is 0 Å². The molecule has 0 aliphatic rings. The van der Waals surface area contributed by atoms with Crippen LogP contribution in [-0.2, 0) is 0 Å². The third-order valence-electron chi connectivity index (χ3n) is 1.39. The van der Waals surface area contributed by atoms with Gasteiger partial charge in [-0.05, 0) is 13.8 Å². The fraction of sp³-hybridized carbons (Fsp3) is 0.500. The van der Waals surface area contributed by atoms with Gasteiger partial charge in [-0.25, -0.2) is 4.98 Å². The quantitative estimate of drug-likeness (QED) is 0.215. The van der Waals surface area contributed by atoms with E-state index in [2.05, 4.69) is 20.3 Å². The van der Waals surface area contributed by atoms with E-state index in [0.717, 1.165) is 5.82 Å². The summed E-state index contributed by atoms with van der Waals surface area (Å²) in [7, 11) is 0. The fourth-order valence-corrected chi connectivity index (χ4v) is 1.45. The van der Waals surface area contributed by atoms with Crippen LogP contribution in [0, 0.1) is 6.92 Å². The van der Waals surface area contributed by atoms with Gasteiger partial charge in [-0.3, -0.25) is 5.10 Å². The molecule has 1 unspecified atom stereocenters. The molecule has 0 aliphatic heterocycles. The van der Waals surface area contributed by atoms with Gasteiger partial charge in [0.25, 0.3) is 0 Å². The molecule has 0 radical (unpaired) electrons. The molecule has 6 nitrogen and oxygen atoms in total. The Morgan fingerprint density at radius 3 is 2.92 bits per heavy atom. The SMILES string of the molecule is Cc1nc(SC(C)/C(N)=N/O)n[nH]1. The smallest absolute Gasteiger partial charge is 0.209 e. The van der Waals surface area contributed by atoms with Crippen LogP contribution in [0.4, 0.5) is 0 Å². The minimum absolute atomic E-state index is 0.139. The van der Waals surface area contributed by atoms with Crippen LogP contribution in [0.15, 0.2) is 10.3 Å². The fourth-order valence-electron chi connectivity index (χ4n) is 0.675. The molecule has 1 aromatic heterocycles. The first kappa shape index (κ1) is 9.85. The predicted octanol–water partition coefficient (Wildman–Crippen LogP) is 0.340. The third kappa shape index (κ3) is 2.62. The van der Waals surface area contributed by atoms with Crippen LogP contribution in [0.5, 0.6) is 0 Å². The van der Waals surface area contributed by atoms with E-state index in [-0.39, 0.29) is 11.1 Å². The molecule has 0 fully saturated rings. The van der Waals surface area contributed by atoms with Crippen molar-refractivity contribution >= 4 is 17.6 Å². The molecule has 4 N–H and O–H groups in total. The lowest BCUT2D eigenvalue weighted by atomic mass is 10.4. The summed E-state index contributed by atoms with van der Waals surface area (Å²) in [4.78, 5) is 4.07. The van der Waals surface area contributed by atoms with Crippen molar-refractivity contribution in [3.05, 3.63) is 5.82 Å². The highest BCUT2D eigenvalue weighted by Gasteiger charge is 2.11. The summed E-state index contributed by atoms with van der Waals surface area (Å²) in [6.07, 6.45) is 0. The van der Waals surface area contributed by atoms with Crippen LogP contribution in [0.3, 0.4) is 0 Å². The summed E-state index contributed by atoms with van der Waals surface area (Å²) >= 11 is 1.33.